The molecule has 0 saturated carbocycles. The summed E-state index contributed by atoms with van der Waals surface area (Å²) in [6.07, 6.45) is 0. The molecule has 0 radical (unpaired) electrons. The summed E-state index contributed by atoms with van der Waals surface area (Å²) < 4.78 is 4.13. The van der Waals surface area contributed by atoms with Gasteiger partial charge in [0.15, 0.2) is 0 Å². The summed E-state index contributed by atoms with van der Waals surface area (Å²) in [7, 11) is 4.15. The van der Waals surface area contributed by atoms with E-state index in [1.807, 2.05) is 0 Å². The minimum absolute atomic E-state index is 0.210. The van der Waals surface area contributed by atoms with Crippen LogP contribution in [-0.2, 0) is 19.5 Å². The molecule has 2 aromatic heterocycles. The van der Waals surface area contributed by atoms with Crippen molar-refractivity contribution < 1.29 is 0 Å². The largest absolute Gasteiger partial charge is 0.267 e. The molecule has 0 saturated heterocycles. The van der Waals surface area contributed by atoms with Crippen molar-refractivity contribution in [3.8, 4) is 22.3 Å². The first-order valence-electron chi connectivity index (χ1n) is 18.7. The standard InChI is InChI=1S/C47H60N4/c1-21-27(7)43(28(8)22(2)37(21)39-25(5)31(11)45-41(33(39)13)35(15)48-50(45)19)47(17,18)44-29(9)23(3)38(24(4)30(44)10)40-26(6)32(12)46-42(34(40)14)36(16)49-51(46)20/h1-20H3. The van der Waals surface area contributed by atoms with Crippen molar-refractivity contribution in [1.82, 2.24) is 19.6 Å². The van der Waals surface area contributed by atoms with E-state index in [2.05, 4.69) is 148 Å². The average Bonchev–Trinajstić information content (AvgIpc) is 3.52. The van der Waals surface area contributed by atoms with E-state index in [9.17, 15) is 0 Å². The third-order valence-corrected chi connectivity index (χ3v) is 13.5. The topological polar surface area (TPSA) is 35.6 Å². The van der Waals surface area contributed by atoms with Crippen molar-refractivity contribution in [2.75, 3.05) is 0 Å². The quantitative estimate of drug-likeness (QED) is 0.186. The Labute approximate surface area is 307 Å². The van der Waals surface area contributed by atoms with Crippen molar-refractivity contribution in [2.24, 2.45) is 14.1 Å². The van der Waals surface area contributed by atoms with Crippen molar-refractivity contribution in [1.29, 1.82) is 0 Å². The maximum absolute atomic E-state index is 4.85. The first-order valence-corrected chi connectivity index (χ1v) is 18.7. The number of rotatable bonds is 4. The molecule has 4 aromatic carbocycles. The highest BCUT2D eigenvalue weighted by Gasteiger charge is 2.35. The van der Waals surface area contributed by atoms with Crippen molar-refractivity contribution >= 4 is 21.8 Å². The third-order valence-electron chi connectivity index (χ3n) is 13.5. The second-order valence-corrected chi connectivity index (χ2v) is 16.5. The molecule has 268 valence electrons. The summed E-state index contributed by atoms with van der Waals surface area (Å²) in [6.45, 7) is 41.9. The normalized spacial score (nSPS) is 12.3. The third kappa shape index (κ3) is 4.77. The van der Waals surface area contributed by atoms with Gasteiger partial charge in [-0.3, -0.25) is 9.36 Å². The summed E-state index contributed by atoms with van der Waals surface area (Å²) in [4.78, 5) is 0. The maximum atomic E-state index is 4.85. The molecule has 0 bridgehead atoms. The molecule has 0 aliphatic heterocycles. The fraction of sp³-hybridized carbons (Fsp3) is 0.447. The number of fused-ring (bicyclic) bond motifs is 2. The monoisotopic (exact) mass is 680 g/mol. The smallest absolute Gasteiger partial charge is 0.0716 e. The van der Waals surface area contributed by atoms with Crippen molar-refractivity contribution in [3.63, 3.8) is 0 Å². The Morgan fingerprint density at radius 3 is 0.843 bits per heavy atom. The highest BCUT2D eigenvalue weighted by atomic mass is 15.3. The first-order chi connectivity index (χ1) is 23.6. The van der Waals surface area contributed by atoms with E-state index in [1.54, 1.807) is 0 Å². The molecule has 0 spiro atoms. The molecule has 0 fully saturated rings. The molecule has 0 aliphatic rings. The number of hydrogen-bond donors (Lipinski definition) is 0. The zero-order chi connectivity index (χ0) is 38.1. The predicted molar refractivity (Wildman–Crippen MR) is 220 cm³/mol. The van der Waals surface area contributed by atoms with Crippen LogP contribution in [0.3, 0.4) is 0 Å². The van der Waals surface area contributed by atoms with Crippen molar-refractivity contribution in [2.45, 2.75) is 130 Å². The van der Waals surface area contributed by atoms with Crippen LogP contribution in [0.5, 0.6) is 0 Å². The van der Waals surface area contributed by atoms with Crippen LogP contribution in [0, 0.1) is 111 Å². The van der Waals surface area contributed by atoms with E-state index in [4.69, 9.17) is 10.2 Å². The van der Waals surface area contributed by atoms with Crippen LogP contribution in [0.25, 0.3) is 44.1 Å². The van der Waals surface area contributed by atoms with Gasteiger partial charge in [0, 0.05) is 30.3 Å². The zero-order valence-electron chi connectivity index (χ0n) is 35.3. The van der Waals surface area contributed by atoms with Crippen LogP contribution in [0.2, 0.25) is 0 Å². The van der Waals surface area contributed by atoms with E-state index in [-0.39, 0.29) is 5.41 Å². The lowest BCUT2D eigenvalue weighted by Crippen LogP contribution is -2.27. The van der Waals surface area contributed by atoms with Crippen LogP contribution in [0.15, 0.2) is 0 Å². The van der Waals surface area contributed by atoms with E-state index in [1.165, 1.54) is 133 Å². The van der Waals surface area contributed by atoms with Gasteiger partial charge in [0.1, 0.15) is 0 Å². The SMILES string of the molecule is Cc1c(C)c(C(C)(C)c2c(C)c(C)c(-c3c(C)c(C)c4c(c(C)nn4C)c3C)c(C)c2C)c(C)c(C)c1-c1c(C)c(C)c2c(c(C)nn2C)c1C. The molecular weight excluding hydrogens is 621 g/mol. The van der Waals surface area contributed by atoms with E-state index in [0.717, 1.165) is 11.4 Å². The first kappa shape index (κ1) is 36.6. The van der Waals surface area contributed by atoms with Gasteiger partial charge in [-0.05, 0) is 222 Å². The highest BCUT2D eigenvalue weighted by molar-refractivity contribution is 5.98. The fourth-order valence-corrected chi connectivity index (χ4v) is 10.7. The van der Waals surface area contributed by atoms with Gasteiger partial charge in [-0.25, -0.2) is 0 Å². The maximum Gasteiger partial charge on any atom is 0.0716 e. The second-order valence-electron chi connectivity index (χ2n) is 16.5. The molecule has 0 aliphatic carbocycles. The van der Waals surface area contributed by atoms with E-state index in [0.29, 0.717) is 0 Å². The Morgan fingerprint density at radius 2 is 0.569 bits per heavy atom. The van der Waals surface area contributed by atoms with Gasteiger partial charge in [0.05, 0.1) is 22.4 Å². The van der Waals surface area contributed by atoms with E-state index < -0.39 is 0 Å². The summed E-state index contributed by atoms with van der Waals surface area (Å²) >= 11 is 0. The Balaban J connectivity index is 1.62. The minimum atomic E-state index is -0.210. The van der Waals surface area contributed by atoms with Crippen molar-refractivity contribution in [3.05, 3.63) is 100 Å². The molecule has 2 heterocycles. The van der Waals surface area contributed by atoms with Gasteiger partial charge in [0.25, 0.3) is 0 Å². The van der Waals surface area contributed by atoms with Gasteiger partial charge in [-0.1, -0.05) is 13.8 Å². The Bertz CT molecular complexity index is 2280. The predicted octanol–water partition coefficient (Wildman–Crippen LogP) is 12.1. The summed E-state index contributed by atoms with van der Waals surface area (Å²) in [5, 5.41) is 12.3. The van der Waals surface area contributed by atoms with Gasteiger partial charge in [-0.2, -0.15) is 10.2 Å². The number of aromatic nitrogens is 4. The molecule has 6 aromatic rings. The lowest BCUT2D eigenvalue weighted by Gasteiger charge is -2.37. The molecule has 51 heavy (non-hydrogen) atoms. The zero-order valence-corrected chi connectivity index (χ0v) is 35.3. The number of nitrogens with zero attached hydrogens (tertiary/aromatic N) is 4. The lowest BCUT2D eigenvalue weighted by atomic mass is 9.67. The fourth-order valence-electron chi connectivity index (χ4n) is 10.7. The molecule has 0 atom stereocenters. The van der Waals surface area contributed by atoms with Crippen LogP contribution >= 0.6 is 0 Å². The number of aryl methyl sites for hydroxylation is 8. The summed E-state index contributed by atoms with van der Waals surface area (Å²) in [5.41, 5.74) is 32.1. The number of hydrogen-bond acceptors (Lipinski definition) is 2. The number of benzene rings is 4. The van der Waals surface area contributed by atoms with Gasteiger partial charge >= 0.3 is 0 Å². The van der Waals surface area contributed by atoms with Gasteiger partial charge in [-0.15, -0.1) is 0 Å². The highest BCUT2D eigenvalue weighted by Crippen LogP contribution is 2.50. The average molecular weight is 681 g/mol. The minimum Gasteiger partial charge on any atom is -0.267 e. The molecule has 4 nitrogen and oxygen atoms in total. The Kier molecular flexibility index (Phi) is 8.57. The molecule has 0 unspecified atom stereocenters. The van der Waals surface area contributed by atoms with Crippen LogP contribution < -0.4 is 0 Å². The van der Waals surface area contributed by atoms with Crippen LogP contribution in [0.1, 0.15) is 114 Å². The van der Waals surface area contributed by atoms with Gasteiger partial charge in [0.2, 0.25) is 0 Å². The second kappa shape index (κ2) is 11.9. The molecule has 6 rings (SSSR count). The summed E-state index contributed by atoms with van der Waals surface area (Å²) in [5.74, 6) is 0. The van der Waals surface area contributed by atoms with Gasteiger partial charge < -0.3 is 0 Å². The Morgan fingerprint density at radius 1 is 0.333 bits per heavy atom. The van der Waals surface area contributed by atoms with Crippen LogP contribution in [-0.4, -0.2) is 19.6 Å². The van der Waals surface area contributed by atoms with E-state index >= 15 is 0 Å². The molecular formula is C47H60N4. The molecule has 4 heteroatoms. The molecule has 0 amide bonds. The van der Waals surface area contributed by atoms with Crippen LogP contribution in [0.4, 0.5) is 0 Å². The lowest BCUT2D eigenvalue weighted by molar-refractivity contribution is 0.618. The summed E-state index contributed by atoms with van der Waals surface area (Å²) in [6, 6.07) is 0. The Hall–Kier alpha value is -4.18. The molecule has 0 N–H and O–H groups in total.